The minimum absolute atomic E-state index is 0.0764. The number of hydrogen-bond donors (Lipinski definition) is 1. The highest BCUT2D eigenvalue weighted by molar-refractivity contribution is 7.91. The molecule has 0 aliphatic rings. The Hall–Kier alpha value is -1.52. The fourth-order valence-electron chi connectivity index (χ4n) is 2.20. The van der Waals surface area contributed by atoms with Crippen LogP contribution in [-0.4, -0.2) is 19.3 Å². The van der Waals surface area contributed by atoms with Crippen molar-refractivity contribution in [1.82, 2.24) is 0 Å². The Bertz CT molecular complexity index is 767. The number of halogens is 1. The van der Waals surface area contributed by atoms with Crippen LogP contribution in [0, 0.1) is 6.92 Å². The zero-order valence-corrected chi connectivity index (χ0v) is 13.5. The van der Waals surface area contributed by atoms with E-state index in [2.05, 4.69) is 0 Å². The van der Waals surface area contributed by atoms with Crippen LogP contribution in [0.25, 0.3) is 11.1 Å². The van der Waals surface area contributed by atoms with Crippen molar-refractivity contribution < 1.29 is 13.5 Å². The number of aromatic hydroxyl groups is 1. The van der Waals surface area contributed by atoms with E-state index < -0.39 is 9.84 Å². The first kappa shape index (κ1) is 15.9. The molecule has 3 nitrogen and oxygen atoms in total. The number of hydrogen-bond acceptors (Lipinski definition) is 3. The van der Waals surface area contributed by atoms with Crippen LogP contribution < -0.4 is 0 Å². The van der Waals surface area contributed by atoms with Crippen molar-refractivity contribution in [1.29, 1.82) is 0 Å². The molecule has 0 bridgehead atoms. The Morgan fingerprint density at radius 1 is 1.10 bits per heavy atom. The van der Waals surface area contributed by atoms with Gasteiger partial charge in [-0.3, -0.25) is 0 Å². The zero-order chi connectivity index (χ0) is 15.6. The molecule has 0 amide bonds. The van der Waals surface area contributed by atoms with Crippen molar-refractivity contribution in [3.63, 3.8) is 0 Å². The van der Waals surface area contributed by atoms with Crippen LogP contribution in [0.3, 0.4) is 0 Å². The van der Waals surface area contributed by atoms with Gasteiger partial charge in [-0.15, -0.1) is 0 Å². The third-order valence-electron chi connectivity index (χ3n) is 3.29. The van der Waals surface area contributed by atoms with E-state index in [1.165, 1.54) is 6.07 Å². The topological polar surface area (TPSA) is 54.4 Å². The summed E-state index contributed by atoms with van der Waals surface area (Å²) < 4.78 is 24.4. The van der Waals surface area contributed by atoms with E-state index in [0.717, 1.165) is 5.56 Å². The second-order valence-electron chi connectivity index (χ2n) is 4.96. The van der Waals surface area contributed by atoms with Gasteiger partial charge in [-0.2, -0.15) is 0 Å². The van der Waals surface area contributed by atoms with E-state index in [1.54, 1.807) is 30.3 Å². The van der Waals surface area contributed by atoms with Gasteiger partial charge in [0, 0.05) is 10.6 Å². The van der Waals surface area contributed by atoms with Crippen LogP contribution in [0.15, 0.2) is 41.3 Å². The summed E-state index contributed by atoms with van der Waals surface area (Å²) in [5, 5.41) is 10.5. The molecule has 0 heterocycles. The highest BCUT2D eigenvalue weighted by Crippen LogP contribution is 2.35. The van der Waals surface area contributed by atoms with Crippen molar-refractivity contribution in [2.75, 3.05) is 5.75 Å². The molecule has 2 rings (SSSR count). The predicted molar refractivity (Wildman–Crippen MR) is 85.6 cm³/mol. The van der Waals surface area contributed by atoms with Crippen molar-refractivity contribution in [2.24, 2.45) is 0 Å². The SMILES string of the molecule is CCCS(=O)(=O)c1ccc(C)c(-c2cc(Cl)ccc2O)c1. The lowest BCUT2D eigenvalue weighted by molar-refractivity contribution is 0.477. The molecule has 0 saturated heterocycles. The molecule has 0 fully saturated rings. The average Bonchev–Trinajstić information content (AvgIpc) is 2.42. The Labute approximate surface area is 130 Å². The zero-order valence-electron chi connectivity index (χ0n) is 11.9. The van der Waals surface area contributed by atoms with Crippen LogP contribution in [0.4, 0.5) is 0 Å². The summed E-state index contributed by atoms with van der Waals surface area (Å²) in [6.07, 6.45) is 0.563. The molecule has 0 spiro atoms. The minimum atomic E-state index is -3.30. The second-order valence-corrected chi connectivity index (χ2v) is 7.50. The van der Waals surface area contributed by atoms with Gasteiger partial charge in [0.1, 0.15) is 5.75 Å². The molecule has 112 valence electrons. The molecular formula is C16H17ClO3S. The van der Waals surface area contributed by atoms with Gasteiger partial charge in [0.2, 0.25) is 0 Å². The smallest absolute Gasteiger partial charge is 0.178 e. The molecule has 0 radical (unpaired) electrons. The van der Waals surface area contributed by atoms with Gasteiger partial charge in [-0.25, -0.2) is 8.42 Å². The molecular weight excluding hydrogens is 308 g/mol. The van der Waals surface area contributed by atoms with Gasteiger partial charge in [0.25, 0.3) is 0 Å². The molecule has 0 atom stereocenters. The van der Waals surface area contributed by atoms with E-state index in [4.69, 9.17) is 11.6 Å². The molecule has 1 N–H and O–H groups in total. The van der Waals surface area contributed by atoms with E-state index in [0.29, 0.717) is 22.6 Å². The largest absolute Gasteiger partial charge is 0.507 e. The fourth-order valence-corrected chi connectivity index (χ4v) is 3.71. The van der Waals surface area contributed by atoms with Crippen LogP contribution in [0.5, 0.6) is 5.75 Å². The Morgan fingerprint density at radius 2 is 1.81 bits per heavy atom. The minimum Gasteiger partial charge on any atom is -0.507 e. The Morgan fingerprint density at radius 3 is 2.48 bits per heavy atom. The van der Waals surface area contributed by atoms with E-state index in [9.17, 15) is 13.5 Å². The van der Waals surface area contributed by atoms with Gasteiger partial charge in [-0.05, 0) is 54.8 Å². The van der Waals surface area contributed by atoms with Crippen molar-refractivity contribution >= 4 is 21.4 Å². The number of rotatable bonds is 4. The highest BCUT2D eigenvalue weighted by Gasteiger charge is 2.16. The third kappa shape index (κ3) is 3.39. The lowest BCUT2D eigenvalue weighted by atomic mass is 10.00. The average molecular weight is 325 g/mol. The molecule has 2 aromatic carbocycles. The normalized spacial score (nSPS) is 11.6. The van der Waals surface area contributed by atoms with Crippen LogP contribution in [-0.2, 0) is 9.84 Å². The van der Waals surface area contributed by atoms with Crippen LogP contribution >= 0.6 is 11.6 Å². The first-order valence-electron chi connectivity index (χ1n) is 6.67. The molecule has 0 aromatic heterocycles. The Kier molecular flexibility index (Phi) is 4.59. The summed E-state index contributed by atoms with van der Waals surface area (Å²) in [6, 6.07) is 9.68. The second kappa shape index (κ2) is 6.08. The maximum absolute atomic E-state index is 12.2. The molecule has 0 unspecified atom stereocenters. The number of aryl methyl sites for hydroxylation is 1. The molecule has 0 saturated carbocycles. The maximum atomic E-state index is 12.2. The first-order valence-corrected chi connectivity index (χ1v) is 8.70. The number of phenols is 1. The maximum Gasteiger partial charge on any atom is 0.178 e. The van der Waals surface area contributed by atoms with Crippen LogP contribution in [0.2, 0.25) is 5.02 Å². The monoisotopic (exact) mass is 324 g/mol. The lowest BCUT2D eigenvalue weighted by Crippen LogP contribution is -2.06. The summed E-state index contributed by atoms with van der Waals surface area (Å²) in [7, 11) is -3.30. The quantitative estimate of drug-likeness (QED) is 0.916. The fraction of sp³-hybridized carbons (Fsp3) is 0.250. The summed E-state index contributed by atoms with van der Waals surface area (Å²) in [6.45, 7) is 3.70. The Balaban J connectivity index is 2.62. The summed E-state index contributed by atoms with van der Waals surface area (Å²) >= 11 is 5.97. The summed E-state index contributed by atoms with van der Waals surface area (Å²) in [4.78, 5) is 0.268. The lowest BCUT2D eigenvalue weighted by Gasteiger charge is -2.11. The van der Waals surface area contributed by atoms with Gasteiger partial charge in [-0.1, -0.05) is 24.6 Å². The van der Waals surface area contributed by atoms with Gasteiger partial charge in [0.05, 0.1) is 10.6 Å². The van der Waals surface area contributed by atoms with Gasteiger partial charge >= 0.3 is 0 Å². The standard InChI is InChI=1S/C16H17ClO3S/c1-3-8-21(19,20)13-6-4-11(2)14(10-13)15-9-12(17)5-7-16(15)18/h4-7,9-10,18H,3,8H2,1-2H3. The van der Waals surface area contributed by atoms with Gasteiger partial charge < -0.3 is 5.11 Å². The highest BCUT2D eigenvalue weighted by atomic mass is 35.5. The van der Waals surface area contributed by atoms with E-state index in [1.807, 2.05) is 13.8 Å². The first-order chi connectivity index (χ1) is 9.85. The number of benzene rings is 2. The van der Waals surface area contributed by atoms with Crippen molar-refractivity contribution in [3.05, 3.63) is 47.0 Å². The molecule has 2 aromatic rings. The van der Waals surface area contributed by atoms with Gasteiger partial charge in [0.15, 0.2) is 9.84 Å². The predicted octanol–water partition coefficient (Wildman–Crippen LogP) is 4.20. The number of sulfone groups is 1. The summed E-state index contributed by atoms with van der Waals surface area (Å²) in [5.41, 5.74) is 2.09. The molecule has 0 aliphatic carbocycles. The molecule has 0 aliphatic heterocycles. The van der Waals surface area contributed by atoms with Crippen molar-refractivity contribution in [3.8, 4) is 16.9 Å². The van der Waals surface area contributed by atoms with E-state index >= 15 is 0 Å². The van der Waals surface area contributed by atoms with E-state index in [-0.39, 0.29) is 16.4 Å². The van der Waals surface area contributed by atoms with Crippen molar-refractivity contribution in [2.45, 2.75) is 25.2 Å². The molecule has 21 heavy (non-hydrogen) atoms. The van der Waals surface area contributed by atoms with Crippen LogP contribution in [0.1, 0.15) is 18.9 Å². The summed E-state index contributed by atoms with van der Waals surface area (Å²) in [5.74, 6) is 0.185. The molecule has 5 heteroatoms. The third-order valence-corrected chi connectivity index (χ3v) is 5.44. The number of phenolic OH excluding ortho intramolecular Hbond substituents is 1.